The summed E-state index contributed by atoms with van der Waals surface area (Å²) in [5.74, 6) is 0.418. The number of aryl methyl sites for hydroxylation is 1. The van der Waals surface area contributed by atoms with Crippen molar-refractivity contribution < 1.29 is 9.32 Å². The molecule has 0 bridgehead atoms. The minimum atomic E-state index is -0.247. The fourth-order valence-electron chi connectivity index (χ4n) is 1.06. The number of unbranched alkanes of at least 4 members (excludes halogenated alkanes) is 1. The molecule has 0 aliphatic heterocycles. The highest BCUT2D eigenvalue weighted by Gasteiger charge is 2.10. The van der Waals surface area contributed by atoms with Gasteiger partial charge in [-0.1, -0.05) is 18.5 Å². The van der Waals surface area contributed by atoms with Gasteiger partial charge in [-0.2, -0.15) is 0 Å². The van der Waals surface area contributed by atoms with Gasteiger partial charge >= 0.3 is 6.03 Å². The standard InChI is InChI=1S/C10H17N3O2/c1-4-5-6-11-10(14)12-9-7(2)8(3)13-15-9/h4-6H2,1-3H3,(H2,11,12,14). The van der Waals surface area contributed by atoms with Crippen LogP contribution in [0.4, 0.5) is 10.7 Å². The van der Waals surface area contributed by atoms with E-state index in [4.69, 9.17) is 4.52 Å². The van der Waals surface area contributed by atoms with Gasteiger partial charge in [0.05, 0.1) is 5.69 Å². The molecule has 0 unspecified atom stereocenters. The van der Waals surface area contributed by atoms with Crippen molar-refractivity contribution in [3.63, 3.8) is 0 Å². The predicted octanol–water partition coefficient (Wildman–Crippen LogP) is 2.21. The van der Waals surface area contributed by atoms with Gasteiger partial charge in [0, 0.05) is 12.1 Å². The monoisotopic (exact) mass is 211 g/mol. The molecule has 1 heterocycles. The van der Waals surface area contributed by atoms with Crippen molar-refractivity contribution in [2.75, 3.05) is 11.9 Å². The maximum atomic E-state index is 11.3. The third-order valence-electron chi connectivity index (χ3n) is 2.20. The van der Waals surface area contributed by atoms with Gasteiger partial charge in [0.25, 0.3) is 0 Å². The van der Waals surface area contributed by atoms with Gasteiger partial charge in [-0.05, 0) is 20.3 Å². The van der Waals surface area contributed by atoms with E-state index in [0.717, 1.165) is 24.1 Å². The summed E-state index contributed by atoms with van der Waals surface area (Å²) in [4.78, 5) is 11.3. The van der Waals surface area contributed by atoms with E-state index in [1.165, 1.54) is 0 Å². The Kier molecular flexibility index (Phi) is 4.15. The van der Waals surface area contributed by atoms with Crippen LogP contribution in [0.15, 0.2) is 4.52 Å². The van der Waals surface area contributed by atoms with E-state index in [0.29, 0.717) is 12.4 Å². The molecule has 1 aromatic heterocycles. The average Bonchev–Trinajstić information content (AvgIpc) is 2.50. The van der Waals surface area contributed by atoms with Crippen molar-refractivity contribution in [1.82, 2.24) is 10.5 Å². The van der Waals surface area contributed by atoms with Crippen molar-refractivity contribution in [3.8, 4) is 0 Å². The number of amides is 2. The van der Waals surface area contributed by atoms with Crippen molar-refractivity contribution in [2.45, 2.75) is 33.6 Å². The summed E-state index contributed by atoms with van der Waals surface area (Å²) in [6.45, 7) is 6.44. The number of rotatable bonds is 4. The molecule has 0 fully saturated rings. The number of nitrogens with zero attached hydrogens (tertiary/aromatic N) is 1. The van der Waals surface area contributed by atoms with E-state index in [-0.39, 0.29) is 6.03 Å². The van der Waals surface area contributed by atoms with Crippen LogP contribution < -0.4 is 10.6 Å². The van der Waals surface area contributed by atoms with E-state index in [2.05, 4.69) is 22.7 Å². The van der Waals surface area contributed by atoms with Crippen molar-refractivity contribution >= 4 is 11.9 Å². The number of carbonyl (C=O) groups excluding carboxylic acids is 1. The van der Waals surface area contributed by atoms with Gasteiger partial charge in [-0.15, -0.1) is 0 Å². The summed E-state index contributed by atoms with van der Waals surface area (Å²) in [6, 6.07) is -0.247. The summed E-state index contributed by atoms with van der Waals surface area (Å²) < 4.78 is 4.95. The number of aromatic nitrogens is 1. The van der Waals surface area contributed by atoms with Crippen LogP contribution in [0.25, 0.3) is 0 Å². The molecule has 5 nitrogen and oxygen atoms in total. The highest BCUT2D eigenvalue weighted by Crippen LogP contribution is 2.16. The SMILES string of the molecule is CCCCNC(=O)Nc1onc(C)c1C. The van der Waals surface area contributed by atoms with Crippen molar-refractivity contribution in [1.29, 1.82) is 0 Å². The normalized spacial score (nSPS) is 10.1. The molecule has 0 saturated carbocycles. The number of nitrogens with one attached hydrogen (secondary N) is 2. The first-order valence-corrected chi connectivity index (χ1v) is 5.13. The molecule has 0 saturated heterocycles. The summed E-state index contributed by atoms with van der Waals surface area (Å²) in [5, 5.41) is 9.09. The summed E-state index contributed by atoms with van der Waals surface area (Å²) >= 11 is 0. The third-order valence-corrected chi connectivity index (χ3v) is 2.20. The molecule has 2 amide bonds. The van der Waals surface area contributed by atoms with Crippen LogP contribution in [0.2, 0.25) is 0 Å². The van der Waals surface area contributed by atoms with Crippen LogP contribution >= 0.6 is 0 Å². The molecule has 84 valence electrons. The van der Waals surface area contributed by atoms with E-state index >= 15 is 0 Å². The first-order valence-electron chi connectivity index (χ1n) is 5.13. The summed E-state index contributed by atoms with van der Waals surface area (Å²) in [5.41, 5.74) is 1.65. The molecule has 2 N–H and O–H groups in total. The minimum Gasteiger partial charge on any atom is -0.338 e. The second-order valence-electron chi connectivity index (χ2n) is 3.46. The van der Waals surface area contributed by atoms with Gasteiger partial charge in [-0.3, -0.25) is 5.32 Å². The van der Waals surface area contributed by atoms with Crippen LogP contribution in [0.1, 0.15) is 31.0 Å². The van der Waals surface area contributed by atoms with Crippen LogP contribution in [-0.4, -0.2) is 17.7 Å². The first kappa shape index (κ1) is 11.6. The smallest absolute Gasteiger partial charge is 0.321 e. The topological polar surface area (TPSA) is 67.2 Å². The Morgan fingerprint density at radius 1 is 1.47 bits per heavy atom. The molecular weight excluding hydrogens is 194 g/mol. The Bertz CT molecular complexity index is 333. The van der Waals surface area contributed by atoms with E-state index < -0.39 is 0 Å². The van der Waals surface area contributed by atoms with Gasteiger partial charge in [0.2, 0.25) is 5.88 Å². The van der Waals surface area contributed by atoms with Gasteiger partial charge in [0.15, 0.2) is 0 Å². The molecule has 0 aromatic carbocycles. The molecule has 0 spiro atoms. The Morgan fingerprint density at radius 3 is 2.73 bits per heavy atom. The predicted molar refractivity (Wildman–Crippen MR) is 57.9 cm³/mol. The number of hydrogen-bond donors (Lipinski definition) is 2. The van der Waals surface area contributed by atoms with Crippen LogP contribution in [-0.2, 0) is 0 Å². The molecule has 0 aliphatic rings. The molecule has 15 heavy (non-hydrogen) atoms. The number of hydrogen-bond acceptors (Lipinski definition) is 3. The zero-order chi connectivity index (χ0) is 11.3. The lowest BCUT2D eigenvalue weighted by Gasteiger charge is -2.04. The van der Waals surface area contributed by atoms with Crippen molar-refractivity contribution in [2.24, 2.45) is 0 Å². The maximum absolute atomic E-state index is 11.3. The van der Waals surface area contributed by atoms with Crippen LogP contribution in [0.5, 0.6) is 0 Å². The van der Waals surface area contributed by atoms with Crippen LogP contribution in [0.3, 0.4) is 0 Å². The first-order chi connectivity index (χ1) is 7.15. The van der Waals surface area contributed by atoms with E-state index in [1.807, 2.05) is 13.8 Å². The van der Waals surface area contributed by atoms with E-state index in [9.17, 15) is 4.79 Å². The highest BCUT2D eigenvalue weighted by molar-refractivity contribution is 5.88. The largest absolute Gasteiger partial charge is 0.338 e. The fraction of sp³-hybridized carbons (Fsp3) is 0.600. The Hall–Kier alpha value is -1.52. The zero-order valence-corrected chi connectivity index (χ0v) is 9.39. The molecule has 1 aromatic rings. The number of carbonyl (C=O) groups is 1. The molecule has 0 radical (unpaired) electrons. The molecule has 0 atom stereocenters. The average molecular weight is 211 g/mol. The third kappa shape index (κ3) is 3.27. The van der Waals surface area contributed by atoms with Gasteiger partial charge in [-0.25, -0.2) is 4.79 Å². The molecule has 1 rings (SSSR count). The second kappa shape index (κ2) is 5.38. The zero-order valence-electron chi connectivity index (χ0n) is 9.39. The van der Waals surface area contributed by atoms with Gasteiger partial charge in [0.1, 0.15) is 0 Å². The molecule has 0 aliphatic carbocycles. The Labute approximate surface area is 89.2 Å². The van der Waals surface area contributed by atoms with Crippen LogP contribution in [0, 0.1) is 13.8 Å². The fourth-order valence-corrected chi connectivity index (χ4v) is 1.06. The summed E-state index contributed by atoms with van der Waals surface area (Å²) in [6.07, 6.45) is 2.03. The highest BCUT2D eigenvalue weighted by atomic mass is 16.5. The number of urea groups is 1. The lowest BCUT2D eigenvalue weighted by atomic mass is 10.3. The number of anilines is 1. The second-order valence-corrected chi connectivity index (χ2v) is 3.46. The molecule has 5 heteroatoms. The van der Waals surface area contributed by atoms with Gasteiger partial charge < -0.3 is 9.84 Å². The lowest BCUT2D eigenvalue weighted by Crippen LogP contribution is -2.29. The quantitative estimate of drug-likeness (QED) is 0.750. The molecular formula is C10H17N3O2. The minimum absolute atomic E-state index is 0.247. The Balaban J connectivity index is 2.41. The Morgan fingerprint density at radius 2 is 2.20 bits per heavy atom. The van der Waals surface area contributed by atoms with E-state index in [1.54, 1.807) is 0 Å². The lowest BCUT2D eigenvalue weighted by molar-refractivity contribution is 0.251. The summed E-state index contributed by atoms with van der Waals surface area (Å²) in [7, 11) is 0. The maximum Gasteiger partial charge on any atom is 0.321 e. The van der Waals surface area contributed by atoms with Crippen molar-refractivity contribution in [3.05, 3.63) is 11.3 Å².